The molecule has 0 aliphatic carbocycles. The molecule has 4 heteroatoms. The SMILES string of the molecule is Cc1ccccc1S(=O)CCOc1ccc(C#N)cc1. The van der Waals surface area contributed by atoms with Crippen LogP contribution in [0.25, 0.3) is 0 Å². The van der Waals surface area contributed by atoms with Gasteiger partial charge >= 0.3 is 0 Å². The van der Waals surface area contributed by atoms with Crippen LogP contribution in [0, 0.1) is 18.3 Å². The smallest absolute Gasteiger partial charge is 0.119 e. The van der Waals surface area contributed by atoms with Gasteiger partial charge in [-0.2, -0.15) is 5.26 Å². The van der Waals surface area contributed by atoms with E-state index in [0.717, 1.165) is 10.5 Å². The summed E-state index contributed by atoms with van der Waals surface area (Å²) in [6.45, 7) is 2.33. The number of ether oxygens (including phenoxy) is 1. The molecule has 0 N–H and O–H groups in total. The summed E-state index contributed by atoms with van der Waals surface area (Å²) in [5, 5.41) is 8.70. The van der Waals surface area contributed by atoms with Crippen LogP contribution in [0.4, 0.5) is 0 Å². The number of benzene rings is 2. The van der Waals surface area contributed by atoms with Crippen LogP contribution in [0.2, 0.25) is 0 Å². The molecule has 0 radical (unpaired) electrons. The zero-order chi connectivity index (χ0) is 14.4. The van der Waals surface area contributed by atoms with Crippen molar-refractivity contribution in [1.82, 2.24) is 0 Å². The van der Waals surface area contributed by atoms with Gasteiger partial charge in [0.25, 0.3) is 0 Å². The van der Waals surface area contributed by atoms with Crippen molar-refractivity contribution >= 4 is 10.8 Å². The van der Waals surface area contributed by atoms with Crippen LogP contribution in [0.1, 0.15) is 11.1 Å². The quantitative estimate of drug-likeness (QED) is 0.848. The molecule has 2 aromatic rings. The van der Waals surface area contributed by atoms with Gasteiger partial charge in [0.2, 0.25) is 0 Å². The van der Waals surface area contributed by atoms with Gasteiger partial charge in [-0.1, -0.05) is 18.2 Å². The molecule has 0 bridgehead atoms. The average molecular weight is 285 g/mol. The number of aryl methyl sites for hydroxylation is 1. The van der Waals surface area contributed by atoms with Crippen LogP contribution in [-0.2, 0) is 10.8 Å². The summed E-state index contributed by atoms with van der Waals surface area (Å²) in [5.41, 5.74) is 1.63. The molecule has 0 aliphatic rings. The van der Waals surface area contributed by atoms with E-state index in [-0.39, 0.29) is 0 Å². The monoisotopic (exact) mass is 285 g/mol. The van der Waals surface area contributed by atoms with Gasteiger partial charge in [-0.3, -0.25) is 4.21 Å². The van der Waals surface area contributed by atoms with E-state index in [1.807, 2.05) is 31.2 Å². The Hall–Kier alpha value is -2.12. The van der Waals surface area contributed by atoms with Gasteiger partial charge < -0.3 is 4.74 Å². The minimum Gasteiger partial charge on any atom is -0.493 e. The van der Waals surface area contributed by atoms with E-state index in [1.165, 1.54) is 0 Å². The highest BCUT2D eigenvalue weighted by Crippen LogP contribution is 2.14. The fourth-order valence-corrected chi connectivity index (χ4v) is 2.89. The predicted molar refractivity (Wildman–Crippen MR) is 79.1 cm³/mol. The lowest BCUT2D eigenvalue weighted by Gasteiger charge is -2.07. The Morgan fingerprint density at radius 3 is 2.50 bits per heavy atom. The van der Waals surface area contributed by atoms with Gasteiger partial charge in [-0.15, -0.1) is 0 Å². The summed E-state index contributed by atoms with van der Waals surface area (Å²) in [5.74, 6) is 1.14. The minimum atomic E-state index is -1.05. The van der Waals surface area contributed by atoms with Gasteiger partial charge in [-0.25, -0.2) is 0 Å². The van der Waals surface area contributed by atoms with Crippen molar-refractivity contribution in [3.8, 4) is 11.8 Å². The number of hydrogen-bond donors (Lipinski definition) is 0. The molecule has 0 heterocycles. The zero-order valence-corrected chi connectivity index (χ0v) is 12.0. The van der Waals surface area contributed by atoms with Crippen LogP contribution in [0.3, 0.4) is 0 Å². The largest absolute Gasteiger partial charge is 0.493 e. The third kappa shape index (κ3) is 3.69. The van der Waals surface area contributed by atoms with E-state index in [2.05, 4.69) is 6.07 Å². The molecular weight excluding hydrogens is 270 g/mol. The van der Waals surface area contributed by atoms with Crippen molar-refractivity contribution in [2.45, 2.75) is 11.8 Å². The summed E-state index contributed by atoms with van der Waals surface area (Å²) < 4.78 is 17.7. The molecule has 2 aromatic carbocycles. The van der Waals surface area contributed by atoms with Gasteiger partial charge in [0.15, 0.2) is 0 Å². The molecule has 0 aliphatic heterocycles. The third-order valence-corrected chi connectivity index (χ3v) is 4.35. The van der Waals surface area contributed by atoms with E-state index in [9.17, 15) is 4.21 Å². The highest BCUT2D eigenvalue weighted by molar-refractivity contribution is 7.85. The lowest BCUT2D eigenvalue weighted by atomic mass is 10.2. The first kappa shape index (κ1) is 14.3. The van der Waals surface area contributed by atoms with Crippen molar-refractivity contribution in [2.75, 3.05) is 12.4 Å². The summed E-state index contributed by atoms with van der Waals surface area (Å²) in [4.78, 5) is 0.857. The zero-order valence-electron chi connectivity index (χ0n) is 11.2. The molecule has 1 unspecified atom stereocenters. The lowest BCUT2D eigenvalue weighted by molar-refractivity contribution is 0.342. The molecule has 0 saturated heterocycles. The Kier molecular flexibility index (Phi) is 4.91. The summed E-state index contributed by atoms with van der Waals surface area (Å²) in [6.07, 6.45) is 0. The van der Waals surface area contributed by atoms with Crippen molar-refractivity contribution in [2.24, 2.45) is 0 Å². The topological polar surface area (TPSA) is 50.1 Å². The molecule has 20 heavy (non-hydrogen) atoms. The molecule has 3 nitrogen and oxygen atoms in total. The molecule has 2 rings (SSSR count). The number of nitriles is 1. The van der Waals surface area contributed by atoms with Crippen LogP contribution >= 0.6 is 0 Å². The number of hydrogen-bond acceptors (Lipinski definition) is 3. The summed E-state index contributed by atoms with van der Waals surface area (Å²) >= 11 is 0. The fourth-order valence-electron chi connectivity index (χ4n) is 1.78. The Balaban J connectivity index is 1.88. The Morgan fingerprint density at radius 1 is 1.15 bits per heavy atom. The van der Waals surface area contributed by atoms with E-state index in [0.29, 0.717) is 23.7 Å². The van der Waals surface area contributed by atoms with Crippen molar-refractivity contribution < 1.29 is 8.95 Å². The first-order valence-corrected chi connectivity index (χ1v) is 7.59. The molecule has 102 valence electrons. The predicted octanol–water partition coefficient (Wildman–Crippen LogP) is 3.05. The van der Waals surface area contributed by atoms with Crippen LogP contribution in [-0.4, -0.2) is 16.6 Å². The van der Waals surface area contributed by atoms with Crippen LogP contribution < -0.4 is 4.74 Å². The first-order valence-electron chi connectivity index (χ1n) is 6.27. The molecule has 1 atom stereocenters. The van der Waals surface area contributed by atoms with Gasteiger partial charge in [0.1, 0.15) is 12.4 Å². The third-order valence-electron chi connectivity index (χ3n) is 2.86. The van der Waals surface area contributed by atoms with Gasteiger partial charge in [0, 0.05) is 4.90 Å². The number of rotatable bonds is 5. The normalized spacial score (nSPS) is 11.6. The molecule has 0 spiro atoms. The molecule has 0 amide bonds. The lowest BCUT2D eigenvalue weighted by Crippen LogP contribution is -2.09. The minimum absolute atomic E-state index is 0.382. The van der Waals surface area contributed by atoms with E-state index < -0.39 is 10.8 Å². The number of nitrogens with zero attached hydrogens (tertiary/aromatic N) is 1. The average Bonchev–Trinajstić information content (AvgIpc) is 2.48. The molecular formula is C16H15NO2S. The van der Waals surface area contributed by atoms with E-state index in [4.69, 9.17) is 10.00 Å². The van der Waals surface area contributed by atoms with E-state index in [1.54, 1.807) is 24.3 Å². The van der Waals surface area contributed by atoms with Crippen molar-refractivity contribution in [1.29, 1.82) is 5.26 Å². The Bertz CT molecular complexity index is 644. The fraction of sp³-hybridized carbons (Fsp3) is 0.188. The summed E-state index contributed by atoms with van der Waals surface area (Å²) in [6, 6.07) is 16.6. The second-order valence-corrected chi connectivity index (χ2v) is 5.84. The van der Waals surface area contributed by atoms with Gasteiger partial charge in [-0.05, 0) is 42.8 Å². The van der Waals surface area contributed by atoms with Crippen LogP contribution in [0.15, 0.2) is 53.4 Å². The second-order valence-electron chi connectivity index (χ2n) is 4.30. The maximum absolute atomic E-state index is 12.1. The second kappa shape index (κ2) is 6.88. The Morgan fingerprint density at radius 2 is 1.85 bits per heavy atom. The first-order chi connectivity index (χ1) is 9.70. The Labute approximate surface area is 121 Å². The highest BCUT2D eigenvalue weighted by atomic mass is 32.2. The molecule has 0 aromatic heterocycles. The molecule has 0 fully saturated rings. The highest BCUT2D eigenvalue weighted by Gasteiger charge is 2.06. The van der Waals surface area contributed by atoms with Crippen molar-refractivity contribution in [3.05, 3.63) is 59.7 Å². The standard InChI is InChI=1S/C16H15NO2S/c1-13-4-2-3-5-16(13)20(18)11-10-19-15-8-6-14(12-17)7-9-15/h2-9H,10-11H2,1H3. The van der Waals surface area contributed by atoms with E-state index >= 15 is 0 Å². The van der Waals surface area contributed by atoms with Gasteiger partial charge in [0.05, 0.1) is 28.2 Å². The van der Waals surface area contributed by atoms with Crippen molar-refractivity contribution in [3.63, 3.8) is 0 Å². The molecule has 0 saturated carbocycles. The maximum atomic E-state index is 12.1. The maximum Gasteiger partial charge on any atom is 0.119 e. The summed E-state index contributed by atoms with van der Waals surface area (Å²) in [7, 11) is -1.05. The van der Waals surface area contributed by atoms with Crippen LogP contribution in [0.5, 0.6) is 5.75 Å².